The molecule has 4 aliphatic heterocycles. The maximum absolute atomic E-state index is 14.2. The highest BCUT2D eigenvalue weighted by Gasteiger charge is 2.57. The van der Waals surface area contributed by atoms with Crippen LogP contribution in [0, 0.1) is 17.8 Å². The fraction of sp³-hybridized carbons (Fsp3) is 0.850. The SMILES string of the molecule is CCC1OC(=O)C(C)C(OC2C[C@@](C)(OC)[C@@H](OC=O)C(C)O2)C(C)[C@@H](OC2OC(C)CC(N(C)C)[C@H]2OC(C)=O)C2(C)CC(C)C(=C(C)C(=O)[C@]1(C)O)O2. The number of ether oxygens (including phenoxy) is 9. The highest BCUT2D eigenvalue weighted by Crippen LogP contribution is 2.48. The molecule has 0 aromatic heterocycles. The van der Waals surface area contributed by atoms with Crippen molar-refractivity contribution in [1.82, 2.24) is 4.90 Å². The van der Waals surface area contributed by atoms with E-state index in [1.807, 2.05) is 46.7 Å². The number of aliphatic hydroxyl groups is 1. The second-order valence-electron chi connectivity index (χ2n) is 16.9. The van der Waals surface area contributed by atoms with Crippen LogP contribution < -0.4 is 0 Å². The summed E-state index contributed by atoms with van der Waals surface area (Å²) >= 11 is 0. The number of nitrogens with zero attached hydrogens (tertiary/aromatic N) is 1. The Bertz CT molecular complexity index is 1430. The van der Waals surface area contributed by atoms with Crippen LogP contribution in [0.4, 0.5) is 0 Å². The second kappa shape index (κ2) is 17.5. The van der Waals surface area contributed by atoms with Gasteiger partial charge in [0.25, 0.3) is 6.47 Å². The quantitative estimate of drug-likeness (QED) is 0.192. The number of carbonyl (C=O) groups excluding carboxylic acids is 4. The molecule has 0 aliphatic carbocycles. The lowest BCUT2D eigenvalue weighted by molar-refractivity contribution is -0.317. The molecule has 15 nitrogen and oxygen atoms in total. The molecule has 55 heavy (non-hydrogen) atoms. The van der Waals surface area contributed by atoms with Crippen molar-refractivity contribution >= 4 is 24.2 Å². The first-order chi connectivity index (χ1) is 25.5. The summed E-state index contributed by atoms with van der Waals surface area (Å²) in [6.45, 7) is 19.2. The number of carbonyl (C=O) groups is 4. The molecule has 4 rings (SSSR count). The van der Waals surface area contributed by atoms with E-state index in [4.69, 9.17) is 42.6 Å². The molecule has 4 aliphatic rings. The maximum Gasteiger partial charge on any atom is 0.311 e. The zero-order valence-electron chi connectivity index (χ0n) is 35.1. The number of allylic oxidation sites excluding steroid dienone is 1. The molecule has 2 bridgehead atoms. The third-order valence-electron chi connectivity index (χ3n) is 12.2. The Hall–Kier alpha value is -2.66. The number of methoxy groups -OCH3 is 1. The van der Waals surface area contributed by atoms with Gasteiger partial charge >= 0.3 is 11.9 Å². The third-order valence-corrected chi connectivity index (χ3v) is 12.2. The molecule has 0 aromatic rings. The number of rotatable bonds is 10. The molecule has 15 heteroatoms. The summed E-state index contributed by atoms with van der Waals surface area (Å²) in [5.74, 6) is -3.43. The summed E-state index contributed by atoms with van der Waals surface area (Å²) in [6, 6.07) is -0.256. The van der Waals surface area contributed by atoms with Crippen LogP contribution in [0.5, 0.6) is 0 Å². The van der Waals surface area contributed by atoms with Gasteiger partial charge in [0.2, 0.25) is 0 Å². The molecule has 0 saturated carbocycles. The Morgan fingerprint density at radius 2 is 1.65 bits per heavy atom. The van der Waals surface area contributed by atoms with Gasteiger partial charge in [-0.05, 0) is 81.8 Å². The number of Topliss-reactive ketones (excluding diaryl/α,β-unsaturated/α-hetero) is 1. The van der Waals surface area contributed by atoms with Crippen LogP contribution in [0.15, 0.2) is 11.3 Å². The van der Waals surface area contributed by atoms with Crippen molar-refractivity contribution in [3.05, 3.63) is 11.3 Å². The summed E-state index contributed by atoms with van der Waals surface area (Å²) in [5, 5.41) is 11.7. The smallest absolute Gasteiger partial charge is 0.311 e. The van der Waals surface area contributed by atoms with Gasteiger partial charge in [0.1, 0.15) is 29.2 Å². The molecule has 0 amide bonds. The topological polar surface area (TPSA) is 175 Å². The number of likely N-dealkylation sites (N-methyl/N-ethyl adjacent to an activating group) is 1. The molecule has 314 valence electrons. The minimum atomic E-state index is -2.07. The highest BCUT2D eigenvalue weighted by molar-refractivity contribution is 6.02. The summed E-state index contributed by atoms with van der Waals surface area (Å²) in [4.78, 5) is 54.2. The van der Waals surface area contributed by atoms with Crippen molar-refractivity contribution in [1.29, 1.82) is 0 Å². The van der Waals surface area contributed by atoms with Crippen LogP contribution in [0.1, 0.15) is 102 Å². The average Bonchev–Trinajstić information content (AvgIpc) is 3.42. The molecule has 1 N–H and O–H groups in total. The van der Waals surface area contributed by atoms with Crippen molar-refractivity contribution in [3.8, 4) is 0 Å². The molecular weight excluding hydrogens is 718 g/mol. The lowest BCUT2D eigenvalue weighted by Crippen LogP contribution is -2.61. The molecule has 0 spiro atoms. The van der Waals surface area contributed by atoms with E-state index in [-0.39, 0.29) is 36.5 Å². The molecule has 4 heterocycles. The van der Waals surface area contributed by atoms with E-state index in [9.17, 15) is 24.3 Å². The predicted octanol–water partition coefficient (Wildman–Crippen LogP) is 3.85. The fourth-order valence-corrected chi connectivity index (χ4v) is 9.20. The average molecular weight is 784 g/mol. The maximum atomic E-state index is 14.2. The third kappa shape index (κ3) is 9.23. The molecule has 3 saturated heterocycles. The summed E-state index contributed by atoms with van der Waals surface area (Å²) < 4.78 is 56.6. The van der Waals surface area contributed by atoms with E-state index in [2.05, 4.69) is 0 Å². The Morgan fingerprint density at radius 1 is 1.00 bits per heavy atom. The Morgan fingerprint density at radius 3 is 2.22 bits per heavy atom. The predicted molar refractivity (Wildman–Crippen MR) is 197 cm³/mol. The number of fused-ring (bicyclic) bond motifs is 2. The number of cyclic esters (lactones) is 1. The van der Waals surface area contributed by atoms with Gasteiger partial charge in [0.05, 0.1) is 30.3 Å². The normalized spacial score (nSPS) is 44.5. The second-order valence-corrected chi connectivity index (χ2v) is 16.9. The van der Waals surface area contributed by atoms with E-state index >= 15 is 0 Å². The monoisotopic (exact) mass is 783 g/mol. The largest absolute Gasteiger partial charge is 0.488 e. The van der Waals surface area contributed by atoms with Gasteiger partial charge in [-0.25, -0.2) is 0 Å². The van der Waals surface area contributed by atoms with Crippen molar-refractivity contribution in [3.63, 3.8) is 0 Å². The van der Waals surface area contributed by atoms with Gasteiger partial charge in [-0.3, -0.25) is 19.2 Å². The molecule has 0 radical (unpaired) electrons. The van der Waals surface area contributed by atoms with E-state index in [0.717, 1.165) is 0 Å². The zero-order chi connectivity index (χ0) is 41.4. The van der Waals surface area contributed by atoms with Crippen LogP contribution in [-0.4, -0.2) is 134 Å². The van der Waals surface area contributed by atoms with E-state index < -0.39 is 95.6 Å². The zero-order valence-corrected chi connectivity index (χ0v) is 35.1. The minimum Gasteiger partial charge on any atom is -0.488 e. The van der Waals surface area contributed by atoms with Gasteiger partial charge < -0.3 is 52.6 Å². The van der Waals surface area contributed by atoms with Crippen LogP contribution in [-0.2, 0) is 61.8 Å². The summed E-state index contributed by atoms with van der Waals surface area (Å²) in [5.41, 5.74) is -4.03. The minimum absolute atomic E-state index is 0.128. The fourth-order valence-electron chi connectivity index (χ4n) is 9.20. The Labute approximate surface area is 325 Å². The number of hydrogen-bond donors (Lipinski definition) is 1. The number of hydrogen-bond acceptors (Lipinski definition) is 15. The molecule has 3 fully saturated rings. The molecular formula is C40H65NO14. The first-order valence-electron chi connectivity index (χ1n) is 19.5. The van der Waals surface area contributed by atoms with Crippen molar-refractivity contribution in [2.24, 2.45) is 17.8 Å². The summed E-state index contributed by atoms with van der Waals surface area (Å²) in [6.07, 6.45) is -6.41. The van der Waals surface area contributed by atoms with E-state index in [0.29, 0.717) is 25.1 Å². The van der Waals surface area contributed by atoms with Crippen molar-refractivity contribution in [2.45, 2.75) is 180 Å². The van der Waals surface area contributed by atoms with Crippen LogP contribution >= 0.6 is 0 Å². The number of ketones is 1. The van der Waals surface area contributed by atoms with Gasteiger partial charge in [-0.1, -0.05) is 20.8 Å². The standard InChI is InChI=1S/C40H65NO14/c1-15-28-40(11,46)33(44)22(4)30-20(2)17-39(10,55-30)34(54-37-32(51-26(8)43)27(41(12)13)16-21(3)49-37)23(5)31(24(6)36(45)52-28)53-29-18-38(9,47-14)35(48-19-42)25(7)50-29/h19-21,23-25,27-29,31-32,34-35,37,46H,15-18H2,1-14H3/t20?,21?,23?,24?,25?,27?,28?,29?,31?,32-,34-,35+,37?,38-,39?,40-/m1/s1. The first-order valence-corrected chi connectivity index (χ1v) is 19.5. The van der Waals surface area contributed by atoms with Crippen molar-refractivity contribution in [2.75, 3.05) is 21.2 Å². The van der Waals surface area contributed by atoms with Gasteiger partial charge in [-0.2, -0.15) is 0 Å². The molecule has 11 unspecified atom stereocenters. The Kier molecular flexibility index (Phi) is 14.3. The number of esters is 2. The van der Waals surface area contributed by atoms with E-state index in [1.165, 1.54) is 21.0 Å². The van der Waals surface area contributed by atoms with Gasteiger partial charge in [-0.15, -0.1) is 0 Å². The molecule has 0 aromatic carbocycles. The first kappa shape index (κ1) is 45.0. The van der Waals surface area contributed by atoms with Crippen LogP contribution in [0.2, 0.25) is 0 Å². The lowest BCUT2D eigenvalue weighted by atomic mass is 9.78. The summed E-state index contributed by atoms with van der Waals surface area (Å²) in [7, 11) is 5.31. The molecule has 16 atom stereocenters. The van der Waals surface area contributed by atoms with Crippen molar-refractivity contribution < 1.29 is 66.9 Å². The van der Waals surface area contributed by atoms with Gasteiger partial charge in [0, 0.05) is 37.9 Å². The van der Waals surface area contributed by atoms with Crippen LogP contribution in [0.3, 0.4) is 0 Å². The van der Waals surface area contributed by atoms with Crippen LogP contribution in [0.25, 0.3) is 0 Å². The Balaban J connectivity index is 1.90. The highest BCUT2D eigenvalue weighted by atomic mass is 16.7. The van der Waals surface area contributed by atoms with E-state index in [1.54, 1.807) is 34.6 Å². The lowest BCUT2D eigenvalue weighted by Gasteiger charge is -2.49. The van der Waals surface area contributed by atoms with Gasteiger partial charge in [0.15, 0.2) is 36.2 Å².